The first-order valence-electron chi connectivity index (χ1n) is 6.23. The highest BCUT2D eigenvalue weighted by Gasteiger charge is 2.27. The van der Waals surface area contributed by atoms with Crippen molar-refractivity contribution in [2.45, 2.75) is 18.8 Å². The van der Waals surface area contributed by atoms with Crippen LogP contribution in [-0.2, 0) is 0 Å². The Labute approximate surface area is 130 Å². The summed E-state index contributed by atoms with van der Waals surface area (Å²) in [5.74, 6) is 7.98. The molecule has 104 valence electrons. The van der Waals surface area contributed by atoms with Crippen LogP contribution in [-0.4, -0.2) is 9.97 Å². The van der Waals surface area contributed by atoms with E-state index in [1.807, 2.05) is 18.2 Å². The molecule has 0 bridgehead atoms. The van der Waals surface area contributed by atoms with Gasteiger partial charge in [-0.1, -0.05) is 27.5 Å². The average molecular weight is 355 g/mol. The van der Waals surface area contributed by atoms with Gasteiger partial charge in [0.1, 0.15) is 17.5 Å². The molecule has 0 saturated heterocycles. The predicted molar refractivity (Wildman–Crippen MR) is 84.3 cm³/mol. The van der Waals surface area contributed by atoms with Gasteiger partial charge in [0.25, 0.3) is 0 Å². The quantitative estimate of drug-likeness (QED) is 0.575. The van der Waals surface area contributed by atoms with Crippen LogP contribution in [0.15, 0.2) is 28.7 Å². The van der Waals surface area contributed by atoms with Crippen molar-refractivity contribution < 1.29 is 0 Å². The number of nitrogens with two attached hydrogens (primary N) is 1. The van der Waals surface area contributed by atoms with Gasteiger partial charge in [-0.15, -0.1) is 0 Å². The Bertz CT molecular complexity index is 645. The van der Waals surface area contributed by atoms with Crippen molar-refractivity contribution in [3.8, 4) is 0 Å². The summed E-state index contributed by atoms with van der Waals surface area (Å²) in [6.45, 7) is 0. The summed E-state index contributed by atoms with van der Waals surface area (Å²) in [5.41, 5.74) is 3.35. The molecule has 1 aliphatic rings. The van der Waals surface area contributed by atoms with Gasteiger partial charge in [-0.2, -0.15) is 0 Å². The molecule has 1 aromatic heterocycles. The van der Waals surface area contributed by atoms with Crippen LogP contribution in [0.2, 0.25) is 5.02 Å². The third kappa shape index (κ3) is 3.03. The SMILES string of the molecule is NNc1cc(Nc2cc(Br)ccc2Cl)nc(C2CC2)n1. The third-order valence-corrected chi connectivity index (χ3v) is 3.85. The van der Waals surface area contributed by atoms with Gasteiger partial charge in [0.2, 0.25) is 0 Å². The molecule has 1 fully saturated rings. The Morgan fingerprint density at radius 3 is 2.65 bits per heavy atom. The summed E-state index contributed by atoms with van der Waals surface area (Å²) in [5, 5.41) is 3.83. The summed E-state index contributed by atoms with van der Waals surface area (Å²) in [6.07, 6.45) is 2.26. The van der Waals surface area contributed by atoms with Gasteiger partial charge in [-0.05, 0) is 31.0 Å². The fourth-order valence-electron chi connectivity index (χ4n) is 1.86. The first kappa shape index (κ1) is 13.6. The molecule has 7 heteroatoms. The lowest BCUT2D eigenvalue weighted by atomic mass is 10.3. The highest BCUT2D eigenvalue weighted by Crippen LogP contribution is 2.39. The van der Waals surface area contributed by atoms with Gasteiger partial charge in [-0.3, -0.25) is 0 Å². The van der Waals surface area contributed by atoms with E-state index in [0.717, 1.165) is 28.8 Å². The summed E-state index contributed by atoms with van der Waals surface area (Å²) < 4.78 is 0.943. The van der Waals surface area contributed by atoms with Crippen LogP contribution < -0.4 is 16.6 Å². The van der Waals surface area contributed by atoms with E-state index in [2.05, 4.69) is 36.6 Å². The largest absolute Gasteiger partial charge is 0.339 e. The zero-order chi connectivity index (χ0) is 14.1. The van der Waals surface area contributed by atoms with E-state index in [-0.39, 0.29) is 0 Å². The van der Waals surface area contributed by atoms with E-state index in [4.69, 9.17) is 17.4 Å². The number of aromatic nitrogens is 2. The molecule has 2 aromatic rings. The van der Waals surface area contributed by atoms with Crippen molar-refractivity contribution in [3.05, 3.63) is 39.6 Å². The minimum Gasteiger partial charge on any atom is -0.339 e. The highest BCUT2D eigenvalue weighted by atomic mass is 79.9. The maximum Gasteiger partial charge on any atom is 0.145 e. The molecule has 3 rings (SSSR count). The Morgan fingerprint density at radius 2 is 1.95 bits per heavy atom. The van der Waals surface area contributed by atoms with Crippen molar-refractivity contribution in [1.29, 1.82) is 0 Å². The predicted octanol–water partition coefficient (Wildman–Crippen LogP) is 3.80. The van der Waals surface area contributed by atoms with Crippen LogP contribution in [0, 0.1) is 0 Å². The molecule has 4 N–H and O–H groups in total. The van der Waals surface area contributed by atoms with Gasteiger partial charge < -0.3 is 10.7 Å². The van der Waals surface area contributed by atoms with Crippen LogP contribution in [0.25, 0.3) is 0 Å². The number of hydrogen-bond acceptors (Lipinski definition) is 5. The van der Waals surface area contributed by atoms with Crippen molar-refractivity contribution in [1.82, 2.24) is 9.97 Å². The van der Waals surface area contributed by atoms with Crippen molar-refractivity contribution in [3.63, 3.8) is 0 Å². The van der Waals surface area contributed by atoms with Crippen molar-refractivity contribution in [2.75, 3.05) is 10.7 Å². The van der Waals surface area contributed by atoms with Crippen molar-refractivity contribution in [2.24, 2.45) is 5.84 Å². The normalized spacial score (nSPS) is 14.2. The first-order chi connectivity index (χ1) is 9.65. The summed E-state index contributed by atoms with van der Waals surface area (Å²) in [6, 6.07) is 7.36. The molecule has 20 heavy (non-hydrogen) atoms. The van der Waals surface area contributed by atoms with Crippen LogP contribution >= 0.6 is 27.5 Å². The zero-order valence-corrected chi connectivity index (χ0v) is 12.9. The molecule has 1 aromatic carbocycles. The monoisotopic (exact) mass is 353 g/mol. The molecule has 0 unspecified atom stereocenters. The van der Waals surface area contributed by atoms with Crippen LogP contribution in [0.4, 0.5) is 17.3 Å². The molecular weight excluding hydrogens is 342 g/mol. The molecule has 0 radical (unpaired) electrons. The van der Waals surface area contributed by atoms with Gasteiger partial charge >= 0.3 is 0 Å². The van der Waals surface area contributed by atoms with Crippen LogP contribution in [0.3, 0.4) is 0 Å². The number of nitrogens with one attached hydrogen (secondary N) is 2. The second-order valence-electron chi connectivity index (χ2n) is 4.66. The Morgan fingerprint density at radius 1 is 1.20 bits per heavy atom. The van der Waals surface area contributed by atoms with Gasteiger partial charge in [0.15, 0.2) is 0 Å². The number of halogens is 2. The minimum atomic E-state index is 0.446. The molecule has 1 aliphatic carbocycles. The topological polar surface area (TPSA) is 75.9 Å². The average Bonchev–Trinajstić information content (AvgIpc) is 3.27. The van der Waals surface area contributed by atoms with Gasteiger partial charge in [0, 0.05) is 16.5 Å². The summed E-state index contributed by atoms with van der Waals surface area (Å²) in [4.78, 5) is 8.88. The molecule has 1 heterocycles. The Kier molecular flexibility index (Phi) is 3.78. The van der Waals surface area contributed by atoms with E-state index in [1.54, 1.807) is 6.07 Å². The van der Waals surface area contributed by atoms with E-state index in [1.165, 1.54) is 0 Å². The fraction of sp³-hybridized carbons (Fsp3) is 0.231. The number of rotatable bonds is 4. The number of hydrogen-bond donors (Lipinski definition) is 3. The number of hydrazine groups is 1. The second-order valence-corrected chi connectivity index (χ2v) is 5.99. The lowest BCUT2D eigenvalue weighted by molar-refractivity contribution is 0.929. The van der Waals surface area contributed by atoms with Gasteiger partial charge in [-0.25, -0.2) is 15.8 Å². The lowest BCUT2D eigenvalue weighted by Gasteiger charge is -2.11. The van der Waals surface area contributed by atoms with Crippen LogP contribution in [0.1, 0.15) is 24.6 Å². The fourth-order valence-corrected chi connectivity index (χ4v) is 2.39. The standard InChI is InChI=1S/C13H13BrClN5/c14-8-3-4-9(15)10(5-8)17-11-6-12(20-16)19-13(18-11)7-1-2-7/h3-7H,1-2,16H2,(H2,17,18,19,20). The molecule has 1 saturated carbocycles. The minimum absolute atomic E-state index is 0.446. The molecular formula is C13H13BrClN5. The molecule has 5 nitrogen and oxygen atoms in total. The van der Waals surface area contributed by atoms with Crippen LogP contribution in [0.5, 0.6) is 0 Å². The number of nitrogens with zero attached hydrogens (tertiary/aromatic N) is 2. The Balaban J connectivity index is 1.93. The third-order valence-electron chi connectivity index (χ3n) is 3.02. The second kappa shape index (κ2) is 5.55. The smallest absolute Gasteiger partial charge is 0.145 e. The summed E-state index contributed by atoms with van der Waals surface area (Å²) >= 11 is 9.59. The van der Waals surface area contributed by atoms with E-state index >= 15 is 0 Å². The van der Waals surface area contributed by atoms with E-state index in [0.29, 0.717) is 22.6 Å². The van der Waals surface area contributed by atoms with Crippen molar-refractivity contribution >= 4 is 44.9 Å². The maximum absolute atomic E-state index is 6.17. The first-order valence-corrected chi connectivity index (χ1v) is 7.40. The molecule has 0 atom stereocenters. The van der Waals surface area contributed by atoms with Gasteiger partial charge in [0.05, 0.1) is 10.7 Å². The number of anilines is 3. The van der Waals surface area contributed by atoms with E-state index < -0.39 is 0 Å². The Hall–Kier alpha value is -1.37. The highest BCUT2D eigenvalue weighted by molar-refractivity contribution is 9.10. The molecule has 0 aliphatic heterocycles. The zero-order valence-electron chi connectivity index (χ0n) is 10.5. The number of nitrogen functional groups attached to an aromatic ring is 1. The molecule has 0 spiro atoms. The maximum atomic E-state index is 6.17. The lowest BCUT2D eigenvalue weighted by Crippen LogP contribution is -2.11. The molecule has 0 amide bonds. The number of benzene rings is 1. The summed E-state index contributed by atoms with van der Waals surface area (Å²) in [7, 11) is 0. The van der Waals surface area contributed by atoms with E-state index in [9.17, 15) is 0 Å².